The van der Waals surface area contributed by atoms with E-state index >= 15 is 0 Å². The molecule has 2 heterocycles. The summed E-state index contributed by atoms with van der Waals surface area (Å²) in [6, 6.07) is 12.6. The van der Waals surface area contributed by atoms with Crippen molar-refractivity contribution in [2.75, 3.05) is 32.8 Å². The third kappa shape index (κ3) is 7.93. The maximum absolute atomic E-state index is 13.3. The second-order valence-corrected chi connectivity index (χ2v) is 10.5. The molecule has 1 saturated heterocycles. The van der Waals surface area contributed by atoms with Gasteiger partial charge < -0.3 is 14.5 Å². The van der Waals surface area contributed by atoms with Gasteiger partial charge in [-0.25, -0.2) is 9.78 Å². The molecule has 12 heteroatoms. The van der Waals surface area contributed by atoms with Crippen LogP contribution in [0.2, 0.25) is 5.02 Å². The van der Waals surface area contributed by atoms with Gasteiger partial charge in [0.2, 0.25) is 0 Å². The standard InChI is InChI=1S/C27H28ClF3N4O3S/c1-2-38-26(37)35-11-9-34(10-12-35)25(36)23-18-39-24(32-23)17-33(16-20-6-4-8-22(28)14-20)15-19-5-3-7-21(13-19)27(29,30)31/h3-8,13-14,18H,2,9-12,15-17H2,1H3. The number of nitrogens with zero attached hydrogens (tertiary/aromatic N) is 4. The summed E-state index contributed by atoms with van der Waals surface area (Å²) in [5.41, 5.74) is 1.02. The number of alkyl halides is 3. The van der Waals surface area contributed by atoms with Crippen LogP contribution in [0.25, 0.3) is 0 Å². The van der Waals surface area contributed by atoms with E-state index < -0.39 is 11.7 Å². The summed E-state index contributed by atoms with van der Waals surface area (Å²) >= 11 is 7.47. The third-order valence-electron chi connectivity index (χ3n) is 6.18. The van der Waals surface area contributed by atoms with Gasteiger partial charge in [-0.15, -0.1) is 11.3 Å². The first-order valence-corrected chi connectivity index (χ1v) is 13.7. The molecule has 0 N–H and O–H groups in total. The minimum Gasteiger partial charge on any atom is -0.450 e. The van der Waals surface area contributed by atoms with E-state index in [2.05, 4.69) is 4.98 Å². The van der Waals surface area contributed by atoms with Crippen molar-refractivity contribution in [3.05, 3.63) is 86.3 Å². The topological polar surface area (TPSA) is 66.0 Å². The van der Waals surface area contributed by atoms with Crippen molar-refractivity contribution < 1.29 is 27.5 Å². The molecular formula is C27H28ClF3N4O3S. The van der Waals surface area contributed by atoms with E-state index in [9.17, 15) is 22.8 Å². The lowest BCUT2D eigenvalue weighted by Crippen LogP contribution is -2.50. The highest BCUT2D eigenvalue weighted by atomic mass is 35.5. The lowest BCUT2D eigenvalue weighted by Gasteiger charge is -2.33. The Kier molecular flexibility index (Phi) is 9.47. The minimum atomic E-state index is -4.43. The van der Waals surface area contributed by atoms with Crippen molar-refractivity contribution in [3.63, 3.8) is 0 Å². The van der Waals surface area contributed by atoms with Crippen molar-refractivity contribution in [3.8, 4) is 0 Å². The highest BCUT2D eigenvalue weighted by molar-refractivity contribution is 7.09. The molecule has 2 aromatic carbocycles. The van der Waals surface area contributed by atoms with Crippen molar-refractivity contribution in [1.82, 2.24) is 19.7 Å². The number of thiazole rings is 1. The molecule has 0 bridgehead atoms. The number of rotatable bonds is 8. The Morgan fingerprint density at radius 1 is 1.00 bits per heavy atom. The molecule has 1 fully saturated rings. The maximum Gasteiger partial charge on any atom is 0.416 e. The molecule has 39 heavy (non-hydrogen) atoms. The number of hydrogen-bond donors (Lipinski definition) is 0. The molecule has 1 aliphatic heterocycles. The first-order valence-electron chi connectivity index (χ1n) is 12.4. The van der Waals surface area contributed by atoms with Crippen molar-refractivity contribution in [2.45, 2.75) is 32.7 Å². The number of carbonyl (C=O) groups is 2. The van der Waals surface area contributed by atoms with E-state index in [-0.39, 0.29) is 18.5 Å². The Hall–Kier alpha value is -3.15. The van der Waals surface area contributed by atoms with Gasteiger partial charge in [0.1, 0.15) is 10.7 Å². The van der Waals surface area contributed by atoms with Gasteiger partial charge >= 0.3 is 12.3 Å². The fraction of sp³-hybridized carbons (Fsp3) is 0.370. The van der Waals surface area contributed by atoms with Crippen LogP contribution in [-0.4, -0.2) is 64.5 Å². The smallest absolute Gasteiger partial charge is 0.416 e. The van der Waals surface area contributed by atoms with Crippen LogP contribution in [0, 0.1) is 0 Å². The Bertz CT molecular complexity index is 1300. The van der Waals surface area contributed by atoms with Crippen molar-refractivity contribution in [1.29, 1.82) is 0 Å². The first-order chi connectivity index (χ1) is 18.6. The molecule has 2 amide bonds. The average Bonchev–Trinajstić information content (AvgIpc) is 3.36. The molecule has 0 atom stereocenters. The summed E-state index contributed by atoms with van der Waals surface area (Å²) in [5.74, 6) is -0.222. The zero-order valence-corrected chi connectivity index (χ0v) is 22.9. The molecule has 0 saturated carbocycles. The molecule has 0 aliphatic carbocycles. The van der Waals surface area contributed by atoms with E-state index in [0.717, 1.165) is 17.7 Å². The zero-order valence-electron chi connectivity index (χ0n) is 21.3. The summed E-state index contributed by atoms with van der Waals surface area (Å²) in [5, 5.41) is 2.92. The lowest BCUT2D eigenvalue weighted by atomic mass is 10.1. The van der Waals surface area contributed by atoms with Crippen LogP contribution in [0.5, 0.6) is 0 Å². The van der Waals surface area contributed by atoms with Crippen LogP contribution in [-0.2, 0) is 30.5 Å². The van der Waals surface area contributed by atoms with Crippen molar-refractivity contribution >= 4 is 34.9 Å². The largest absolute Gasteiger partial charge is 0.450 e. The Labute approximate surface area is 233 Å². The Morgan fingerprint density at radius 3 is 2.28 bits per heavy atom. The highest BCUT2D eigenvalue weighted by Gasteiger charge is 2.30. The summed E-state index contributed by atoms with van der Waals surface area (Å²) in [6.45, 7) is 4.55. The van der Waals surface area contributed by atoms with Crippen LogP contribution in [0.3, 0.4) is 0 Å². The highest BCUT2D eigenvalue weighted by Crippen LogP contribution is 2.30. The summed E-state index contributed by atoms with van der Waals surface area (Å²) < 4.78 is 44.8. The first kappa shape index (κ1) is 28.8. The SMILES string of the molecule is CCOC(=O)N1CCN(C(=O)c2csc(CN(Cc3cccc(Cl)c3)Cc3cccc(C(F)(F)F)c3)n2)CC1. The van der Waals surface area contributed by atoms with E-state index in [1.165, 1.54) is 17.4 Å². The van der Waals surface area contributed by atoms with E-state index in [4.69, 9.17) is 16.3 Å². The second kappa shape index (κ2) is 12.8. The fourth-order valence-corrected chi connectivity index (χ4v) is 5.33. The normalized spacial score (nSPS) is 14.1. The monoisotopic (exact) mass is 580 g/mol. The molecule has 3 aromatic rings. The van der Waals surface area contributed by atoms with E-state index in [0.29, 0.717) is 67.2 Å². The van der Waals surface area contributed by atoms with Gasteiger partial charge in [0, 0.05) is 49.7 Å². The van der Waals surface area contributed by atoms with Crippen LogP contribution in [0.15, 0.2) is 53.9 Å². The quantitative estimate of drug-likeness (QED) is 0.330. The van der Waals surface area contributed by atoms with Gasteiger partial charge in [0.15, 0.2) is 0 Å². The molecule has 4 rings (SSSR count). The van der Waals surface area contributed by atoms with Gasteiger partial charge in [-0.3, -0.25) is 9.69 Å². The van der Waals surface area contributed by atoms with Gasteiger partial charge in [0.05, 0.1) is 18.7 Å². The van der Waals surface area contributed by atoms with Crippen LogP contribution in [0.1, 0.15) is 39.1 Å². The van der Waals surface area contributed by atoms with Gasteiger partial charge in [0.25, 0.3) is 5.91 Å². The molecule has 1 aliphatic rings. The number of ether oxygens (including phenoxy) is 1. The van der Waals surface area contributed by atoms with Crippen LogP contribution >= 0.6 is 22.9 Å². The summed E-state index contributed by atoms with van der Waals surface area (Å²) in [6.07, 6.45) is -4.82. The average molecular weight is 581 g/mol. The molecular weight excluding hydrogens is 553 g/mol. The van der Waals surface area contributed by atoms with E-state index in [1.54, 1.807) is 34.2 Å². The molecule has 7 nitrogen and oxygen atoms in total. The summed E-state index contributed by atoms with van der Waals surface area (Å²) in [4.78, 5) is 34.7. The van der Waals surface area contributed by atoms with Crippen LogP contribution < -0.4 is 0 Å². The Morgan fingerprint density at radius 2 is 1.64 bits per heavy atom. The van der Waals surface area contributed by atoms with Gasteiger partial charge in [-0.05, 0) is 36.2 Å². The number of aromatic nitrogens is 1. The number of hydrogen-bond acceptors (Lipinski definition) is 6. The molecule has 0 spiro atoms. The minimum absolute atomic E-state index is 0.222. The maximum atomic E-state index is 13.3. The van der Waals surface area contributed by atoms with Gasteiger partial charge in [-0.2, -0.15) is 13.2 Å². The number of carbonyl (C=O) groups excluding carboxylic acids is 2. The predicted molar refractivity (Wildman–Crippen MR) is 142 cm³/mol. The van der Waals surface area contributed by atoms with Gasteiger partial charge in [-0.1, -0.05) is 41.9 Å². The molecule has 0 radical (unpaired) electrons. The second-order valence-electron chi connectivity index (χ2n) is 9.08. The lowest BCUT2D eigenvalue weighted by molar-refractivity contribution is -0.137. The van der Waals surface area contributed by atoms with Crippen LogP contribution in [0.4, 0.5) is 18.0 Å². The number of benzene rings is 2. The molecule has 1 aromatic heterocycles. The third-order valence-corrected chi connectivity index (χ3v) is 7.25. The number of piperazine rings is 1. The van der Waals surface area contributed by atoms with Crippen molar-refractivity contribution in [2.24, 2.45) is 0 Å². The molecule has 208 valence electrons. The fourth-order valence-electron chi connectivity index (χ4n) is 4.31. The van der Waals surface area contributed by atoms with E-state index in [1.807, 2.05) is 23.1 Å². The molecule has 0 unspecified atom stereocenters. The summed E-state index contributed by atoms with van der Waals surface area (Å²) in [7, 11) is 0. The zero-order chi connectivity index (χ0) is 28.0. The number of amides is 2. The number of halogens is 4. The predicted octanol–water partition coefficient (Wildman–Crippen LogP) is 5.93. The Balaban J connectivity index is 1.46.